The Hall–Kier alpha value is -1.31. The molecule has 112 valence electrons. The third kappa shape index (κ3) is 7.66. The van der Waals surface area contributed by atoms with Crippen LogP contribution < -0.4 is 10.6 Å². The number of alkyl halides is 3. The molecular formula is C11H19F3N2O3. The van der Waals surface area contributed by atoms with Crippen molar-refractivity contribution in [3.63, 3.8) is 0 Å². The quantitative estimate of drug-likeness (QED) is 0.691. The van der Waals surface area contributed by atoms with E-state index < -0.39 is 30.1 Å². The Morgan fingerprint density at radius 1 is 1.16 bits per heavy atom. The molecule has 1 unspecified atom stereocenters. The van der Waals surface area contributed by atoms with Gasteiger partial charge >= 0.3 is 6.18 Å². The number of carbonyl (C=O) groups is 2. The molecule has 0 aliphatic carbocycles. The molecule has 0 bridgehead atoms. The van der Waals surface area contributed by atoms with Crippen molar-refractivity contribution in [1.29, 1.82) is 0 Å². The van der Waals surface area contributed by atoms with Gasteiger partial charge < -0.3 is 15.7 Å². The highest BCUT2D eigenvalue weighted by molar-refractivity contribution is 5.82. The highest BCUT2D eigenvalue weighted by atomic mass is 19.4. The molecule has 0 heterocycles. The molecule has 0 aliphatic rings. The van der Waals surface area contributed by atoms with Crippen LogP contribution in [-0.2, 0) is 9.59 Å². The predicted molar refractivity (Wildman–Crippen MR) is 62.2 cm³/mol. The van der Waals surface area contributed by atoms with Gasteiger partial charge in [-0.3, -0.25) is 9.59 Å². The van der Waals surface area contributed by atoms with Crippen molar-refractivity contribution in [1.82, 2.24) is 10.6 Å². The summed E-state index contributed by atoms with van der Waals surface area (Å²) in [5.41, 5.74) is -0.594. The van der Waals surface area contributed by atoms with Crippen LogP contribution in [0.25, 0.3) is 0 Å². The van der Waals surface area contributed by atoms with Gasteiger partial charge in [0.25, 0.3) is 0 Å². The highest BCUT2D eigenvalue weighted by Gasteiger charge is 2.38. The van der Waals surface area contributed by atoms with E-state index in [1.54, 1.807) is 20.8 Å². The first kappa shape index (κ1) is 17.7. The lowest BCUT2D eigenvalue weighted by Gasteiger charge is -2.18. The molecule has 0 aromatic rings. The number of aliphatic hydroxyl groups excluding tert-OH is 1. The molecule has 8 heteroatoms. The van der Waals surface area contributed by atoms with Gasteiger partial charge in [-0.25, -0.2) is 0 Å². The number of halogens is 3. The van der Waals surface area contributed by atoms with Gasteiger partial charge in [0.2, 0.25) is 11.8 Å². The van der Waals surface area contributed by atoms with Crippen molar-refractivity contribution < 1.29 is 27.9 Å². The molecule has 2 amide bonds. The summed E-state index contributed by atoms with van der Waals surface area (Å²) < 4.78 is 35.8. The van der Waals surface area contributed by atoms with Gasteiger partial charge in [0.15, 0.2) is 6.10 Å². The summed E-state index contributed by atoms with van der Waals surface area (Å²) in [6.45, 7) is 4.23. The summed E-state index contributed by atoms with van der Waals surface area (Å²) in [4.78, 5) is 22.6. The summed E-state index contributed by atoms with van der Waals surface area (Å²) in [6.07, 6.45) is -7.49. The van der Waals surface area contributed by atoms with Gasteiger partial charge in [-0.1, -0.05) is 20.8 Å². The maximum Gasteiger partial charge on any atom is 0.416 e. The van der Waals surface area contributed by atoms with Crippen molar-refractivity contribution in [2.75, 3.05) is 13.1 Å². The summed E-state index contributed by atoms with van der Waals surface area (Å²) in [5.74, 6) is -0.923. The molecule has 0 aromatic heterocycles. The first-order chi connectivity index (χ1) is 8.44. The van der Waals surface area contributed by atoms with Crippen LogP contribution in [-0.4, -0.2) is 42.3 Å². The normalized spacial score (nSPS) is 13.8. The van der Waals surface area contributed by atoms with Gasteiger partial charge in [0.1, 0.15) is 0 Å². The monoisotopic (exact) mass is 284 g/mol. The van der Waals surface area contributed by atoms with E-state index in [2.05, 4.69) is 5.32 Å². The average molecular weight is 284 g/mol. The lowest BCUT2D eigenvalue weighted by atomic mass is 9.96. The molecule has 0 saturated heterocycles. The Kier molecular flexibility index (Phi) is 6.28. The van der Waals surface area contributed by atoms with Crippen LogP contribution in [0.15, 0.2) is 0 Å². The van der Waals surface area contributed by atoms with Gasteiger partial charge in [-0.05, 0) is 0 Å². The Morgan fingerprint density at radius 2 is 1.68 bits per heavy atom. The topological polar surface area (TPSA) is 78.4 Å². The predicted octanol–water partition coefficient (Wildman–Crippen LogP) is 0.578. The van der Waals surface area contributed by atoms with E-state index in [1.807, 2.05) is 5.32 Å². The smallest absolute Gasteiger partial charge is 0.382 e. The second-order valence-corrected chi connectivity index (χ2v) is 5.12. The molecule has 0 rings (SSSR count). The van der Waals surface area contributed by atoms with Gasteiger partial charge in [0.05, 0.1) is 6.54 Å². The van der Waals surface area contributed by atoms with Crippen LogP contribution in [0.5, 0.6) is 0 Å². The van der Waals surface area contributed by atoms with Crippen molar-refractivity contribution in [3.8, 4) is 0 Å². The van der Waals surface area contributed by atoms with E-state index in [0.717, 1.165) is 0 Å². The minimum Gasteiger partial charge on any atom is -0.382 e. The zero-order valence-electron chi connectivity index (χ0n) is 11.1. The number of aliphatic hydroxyl groups is 1. The fraction of sp³-hybridized carbons (Fsp3) is 0.818. The Bertz CT molecular complexity index is 324. The van der Waals surface area contributed by atoms with E-state index >= 15 is 0 Å². The van der Waals surface area contributed by atoms with Crippen molar-refractivity contribution in [2.45, 2.75) is 39.5 Å². The zero-order chi connectivity index (χ0) is 15.3. The Morgan fingerprint density at radius 3 is 2.11 bits per heavy atom. The summed E-state index contributed by atoms with van der Waals surface area (Å²) in [5, 5.41) is 13.1. The number of nitrogens with one attached hydrogen (secondary N) is 2. The fourth-order valence-corrected chi connectivity index (χ4v) is 0.969. The zero-order valence-corrected chi connectivity index (χ0v) is 11.1. The molecule has 0 saturated carbocycles. The molecule has 19 heavy (non-hydrogen) atoms. The third-order valence-electron chi connectivity index (χ3n) is 2.19. The second kappa shape index (κ2) is 6.74. The molecule has 5 nitrogen and oxygen atoms in total. The second-order valence-electron chi connectivity index (χ2n) is 5.12. The Balaban J connectivity index is 3.87. The molecule has 0 spiro atoms. The number of carbonyl (C=O) groups excluding carboxylic acids is 2. The SMILES string of the molecule is CC(C)(C)C(=O)NCCC(=O)NCC(O)C(F)(F)F. The van der Waals surface area contributed by atoms with Crippen LogP contribution in [0, 0.1) is 5.41 Å². The van der Waals surface area contributed by atoms with Crippen LogP contribution in [0.4, 0.5) is 13.2 Å². The van der Waals surface area contributed by atoms with E-state index in [9.17, 15) is 22.8 Å². The van der Waals surface area contributed by atoms with Crippen LogP contribution in [0.1, 0.15) is 27.2 Å². The number of hydrogen-bond acceptors (Lipinski definition) is 3. The fourth-order valence-electron chi connectivity index (χ4n) is 0.969. The maximum atomic E-state index is 11.9. The standard InChI is InChI=1S/C11H19F3N2O3/c1-10(2,3)9(19)15-5-4-8(18)16-6-7(17)11(12,13)14/h7,17H,4-6H2,1-3H3,(H,15,19)(H,16,18). The maximum absolute atomic E-state index is 11.9. The first-order valence-electron chi connectivity index (χ1n) is 5.74. The molecule has 0 radical (unpaired) electrons. The van der Waals surface area contributed by atoms with Crippen molar-refractivity contribution >= 4 is 11.8 Å². The number of hydrogen-bond donors (Lipinski definition) is 3. The third-order valence-corrected chi connectivity index (χ3v) is 2.19. The van der Waals surface area contributed by atoms with Gasteiger partial charge in [-0.15, -0.1) is 0 Å². The van der Waals surface area contributed by atoms with Crippen LogP contribution >= 0.6 is 0 Å². The van der Waals surface area contributed by atoms with Crippen molar-refractivity contribution in [3.05, 3.63) is 0 Å². The van der Waals surface area contributed by atoms with E-state index in [0.29, 0.717) is 0 Å². The number of amides is 2. The minimum absolute atomic E-state index is 0.0318. The average Bonchev–Trinajstić information content (AvgIpc) is 2.22. The minimum atomic E-state index is -4.76. The largest absolute Gasteiger partial charge is 0.416 e. The van der Waals surface area contributed by atoms with E-state index in [1.165, 1.54) is 0 Å². The van der Waals surface area contributed by atoms with Gasteiger partial charge in [0, 0.05) is 18.4 Å². The van der Waals surface area contributed by atoms with Gasteiger partial charge in [-0.2, -0.15) is 13.2 Å². The summed E-state index contributed by atoms with van der Waals surface area (Å²) in [7, 11) is 0. The van der Waals surface area contributed by atoms with E-state index in [-0.39, 0.29) is 18.9 Å². The van der Waals surface area contributed by atoms with E-state index in [4.69, 9.17) is 5.11 Å². The molecule has 3 N–H and O–H groups in total. The lowest BCUT2D eigenvalue weighted by Crippen LogP contribution is -2.42. The summed E-state index contributed by atoms with van der Waals surface area (Å²) >= 11 is 0. The molecule has 0 aliphatic heterocycles. The molecule has 1 atom stereocenters. The lowest BCUT2D eigenvalue weighted by molar-refractivity contribution is -0.201. The highest BCUT2D eigenvalue weighted by Crippen LogP contribution is 2.19. The first-order valence-corrected chi connectivity index (χ1v) is 5.74. The number of rotatable bonds is 5. The molecule has 0 aromatic carbocycles. The summed E-state index contributed by atoms with van der Waals surface area (Å²) in [6, 6.07) is 0. The molecule has 0 fully saturated rings. The van der Waals surface area contributed by atoms with Crippen LogP contribution in [0.3, 0.4) is 0 Å². The van der Waals surface area contributed by atoms with Crippen LogP contribution in [0.2, 0.25) is 0 Å². The molecular weight excluding hydrogens is 265 g/mol. The Labute approximate surface area is 109 Å². The van der Waals surface area contributed by atoms with Crippen molar-refractivity contribution in [2.24, 2.45) is 5.41 Å².